The van der Waals surface area contributed by atoms with Crippen LogP contribution in [0.4, 0.5) is 5.69 Å². The van der Waals surface area contributed by atoms with Gasteiger partial charge >= 0.3 is 5.69 Å². The molecule has 7 nitrogen and oxygen atoms in total. The van der Waals surface area contributed by atoms with E-state index in [1.165, 1.54) is 4.68 Å². The highest BCUT2D eigenvalue weighted by molar-refractivity contribution is 6.30. The third kappa shape index (κ3) is 3.38. The van der Waals surface area contributed by atoms with Crippen LogP contribution >= 0.6 is 11.6 Å². The van der Waals surface area contributed by atoms with Crippen LogP contribution in [0.25, 0.3) is 0 Å². The molecule has 0 saturated carbocycles. The van der Waals surface area contributed by atoms with E-state index in [-0.39, 0.29) is 17.9 Å². The van der Waals surface area contributed by atoms with Crippen LogP contribution in [0.15, 0.2) is 30.5 Å². The number of halogens is 1. The highest BCUT2D eigenvalue weighted by atomic mass is 35.5. The van der Waals surface area contributed by atoms with E-state index < -0.39 is 10.8 Å². The van der Waals surface area contributed by atoms with Gasteiger partial charge < -0.3 is 5.32 Å². The van der Waals surface area contributed by atoms with Crippen molar-refractivity contribution in [3.05, 3.63) is 56.9 Å². The molecular formula is C13H13ClN4O3. The Morgan fingerprint density at radius 2 is 2.10 bits per heavy atom. The van der Waals surface area contributed by atoms with E-state index in [9.17, 15) is 14.9 Å². The molecule has 2 rings (SSSR count). The highest BCUT2D eigenvalue weighted by Gasteiger charge is 2.25. The van der Waals surface area contributed by atoms with Crippen molar-refractivity contribution in [2.45, 2.75) is 20.0 Å². The number of hydrogen-bond acceptors (Lipinski definition) is 4. The molecule has 0 aliphatic heterocycles. The van der Waals surface area contributed by atoms with Crippen molar-refractivity contribution in [2.75, 3.05) is 0 Å². The summed E-state index contributed by atoms with van der Waals surface area (Å²) in [4.78, 5) is 22.5. The van der Waals surface area contributed by atoms with Crippen molar-refractivity contribution in [3.63, 3.8) is 0 Å². The topological polar surface area (TPSA) is 90.1 Å². The monoisotopic (exact) mass is 308 g/mol. The second-order valence-electron chi connectivity index (χ2n) is 4.26. The molecule has 1 amide bonds. The van der Waals surface area contributed by atoms with Gasteiger partial charge in [0.2, 0.25) is 5.69 Å². The van der Waals surface area contributed by atoms with Crippen molar-refractivity contribution in [1.29, 1.82) is 0 Å². The number of nitro groups is 1. The Morgan fingerprint density at radius 3 is 2.67 bits per heavy atom. The molecule has 1 N–H and O–H groups in total. The summed E-state index contributed by atoms with van der Waals surface area (Å²) < 4.78 is 1.30. The molecule has 1 heterocycles. The molecule has 2 aromatic rings. The van der Waals surface area contributed by atoms with Crippen molar-refractivity contribution in [2.24, 2.45) is 0 Å². The van der Waals surface area contributed by atoms with Gasteiger partial charge in [0.25, 0.3) is 5.91 Å². The van der Waals surface area contributed by atoms with E-state index in [1.54, 1.807) is 31.2 Å². The molecule has 110 valence electrons. The van der Waals surface area contributed by atoms with Crippen LogP contribution in [0.3, 0.4) is 0 Å². The van der Waals surface area contributed by atoms with Gasteiger partial charge in [-0.2, -0.15) is 5.10 Å². The average molecular weight is 309 g/mol. The number of benzene rings is 1. The first kappa shape index (κ1) is 15.0. The molecule has 0 unspecified atom stereocenters. The van der Waals surface area contributed by atoms with E-state index in [1.807, 2.05) is 0 Å². The molecule has 0 atom stereocenters. The molecule has 8 heteroatoms. The SMILES string of the molecule is CCn1ncc([N+](=O)[O-])c1C(=O)NCc1ccc(Cl)cc1. The predicted molar refractivity (Wildman–Crippen MR) is 77.2 cm³/mol. The van der Waals surface area contributed by atoms with Gasteiger partial charge in [-0.1, -0.05) is 23.7 Å². The number of aryl methyl sites for hydroxylation is 1. The van der Waals surface area contributed by atoms with Gasteiger partial charge in [0.05, 0.1) is 4.92 Å². The van der Waals surface area contributed by atoms with E-state index in [0.29, 0.717) is 11.6 Å². The predicted octanol–water partition coefficient (Wildman–Crippen LogP) is 2.39. The fraction of sp³-hybridized carbons (Fsp3) is 0.231. The zero-order valence-electron chi connectivity index (χ0n) is 11.2. The highest BCUT2D eigenvalue weighted by Crippen LogP contribution is 2.18. The van der Waals surface area contributed by atoms with E-state index >= 15 is 0 Å². The number of amides is 1. The Hall–Kier alpha value is -2.41. The van der Waals surface area contributed by atoms with Gasteiger partial charge in [0.15, 0.2) is 0 Å². The second kappa shape index (κ2) is 6.36. The number of nitrogens with zero attached hydrogens (tertiary/aromatic N) is 3. The molecule has 0 spiro atoms. The lowest BCUT2D eigenvalue weighted by molar-refractivity contribution is -0.385. The van der Waals surface area contributed by atoms with Crippen LogP contribution in [0.5, 0.6) is 0 Å². The Balaban J connectivity index is 2.15. The maximum Gasteiger partial charge on any atom is 0.320 e. The van der Waals surface area contributed by atoms with Crippen molar-refractivity contribution >= 4 is 23.2 Å². The Morgan fingerprint density at radius 1 is 1.43 bits per heavy atom. The van der Waals surface area contributed by atoms with Crippen LogP contribution in [0.2, 0.25) is 5.02 Å². The lowest BCUT2D eigenvalue weighted by Crippen LogP contribution is -2.26. The van der Waals surface area contributed by atoms with Crippen LogP contribution in [0, 0.1) is 10.1 Å². The van der Waals surface area contributed by atoms with Crippen molar-refractivity contribution in [1.82, 2.24) is 15.1 Å². The van der Waals surface area contributed by atoms with Crippen molar-refractivity contribution in [3.8, 4) is 0 Å². The summed E-state index contributed by atoms with van der Waals surface area (Å²) in [5.74, 6) is -0.531. The van der Waals surface area contributed by atoms with E-state index in [2.05, 4.69) is 10.4 Å². The number of aromatic nitrogens is 2. The number of rotatable bonds is 5. The summed E-state index contributed by atoms with van der Waals surface area (Å²) in [6.07, 6.45) is 1.08. The van der Waals surface area contributed by atoms with E-state index in [0.717, 1.165) is 11.8 Å². The van der Waals surface area contributed by atoms with Gasteiger partial charge in [0, 0.05) is 18.1 Å². The smallest absolute Gasteiger partial charge is 0.320 e. The largest absolute Gasteiger partial charge is 0.346 e. The summed E-state index contributed by atoms with van der Waals surface area (Å²) >= 11 is 5.78. The molecule has 0 bridgehead atoms. The standard InChI is InChI=1S/C13H13ClN4O3/c1-2-17-12(11(8-16-17)18(20)21)13(19)15-7-9-3-5-10(14)6-4-9/h3-6,8H,2,7H2,1H3,(H,15,19). The first-order chi connectivity index (χ1) is 10.0. The number of hydrogen-bond donors (Lipinski definition) is 1. The lowest BCUT2D eigenvalue weighted by atomic mass is 10.2. The number of nitrogens with one attached hydrogen (secondary N) is 1. The maximum atomic E-state index is 12.1. The molecular weight excluding hydrogens is 296 g/mol. The molecule has 1 aromatic carbocycles. The first-order valence-corrected chi connectivity index (χ1v) is 6.63. The maximum absolute atomic E-state index is 12.1. The second-order valence-corrected chi connectivity index (χ2v) is 4.70. The molecule has 0 aliphatic carbocycles. The van der Waals surface area contributed by atoms with Crippen molar-refractivity contribution < 1.29 is 9.72 Å². The summed E-state index contributed by atoms with van der Waals surface area (Å²) in [6.45, 7) is 2.38. The molecule has 0 fully saturated rings. The van der Waals surface area contributed by atoms with Gasteiger partial charge in [-0.15, -0.1) is 0 Å². The molecule has 1 aromatic heterocycles. The zero-order valence-corrected chi connectivity index (χ0v) is 12.0. The number of carbonyl (C=O) groups is 1. The molecule has 0 aliphatic rings. The van der Waals surface area contributed by atoms with Crippen LogP contribution < -0.4 is 5.32 Å². The Labute approximate surface area is 125 Å². The summed E-state index contributed by atoms with van der Waals surface area (Å²) in [5.41, 5.74) is 0.500. The minimum absolute atomic E-state index is 0.0449. The fourth-order valence-electron chi connectivity index (χ4n) is 1.85. The Bertz CT molecular complexity index is 667. The number of carbonyl (C=O) groups excluding carboxylic acids is 1. The molecule has 0 saturated heterocycles. The first-order valence-electron chi connectivity index (χ1n) is 6.25. The Kier molecular flexibility index (Phi) is 4.54. The van der Waals surface area contributed by atoms with Crippen LogP contribution in [-0.4, -0.2) is 20.6 Å². The minimum atomic E-state index is -0.615. The zero-order chi connectivity index (χ0) is 15.4. The van der Waals surface area contributed by atoms with Crippen LogP contribution in [0.1, 0.15) is 23.0 Å². The molecule has 0 radical (unpaired) electrons. The van der Waals surface area contributed by atoms with Gasteiger partial charge in [-0.25, -0.2) is 0 Å². The van der Waals surface area contributed by atoms with Gasteiger partial charge in [0.1, 0.15) is 6.20 Å². The fourth-order valence-corrected chi connectivity index (χ4v) is 1.98. The van der Waals surface area contributed by atoms with E-state index in [4.69, 9.17) is 11.6 Å². The summed E-state index contributed by atoms with van der Waals surface area (Å²) in [7, 11) is 0. The quantitative estimate of drug-likeness (QED) is 0.678. The van der Waals surface area contributed by atoms with Crippen LogP contribution in [-0.2, 0) is 13.1 Å². The summed E-state index contributed by atoms with van der Waals surface area (Å²) in [5, 5.41) is 18.0. The third-order valence-corrected chi connectivity index (χ3v) is 3.15. The average Bonchev–Trinajstić information content (AvgIpc) is 2.90. The third-order valence-electron chi connectivity index (χ3n) is 2.90. The normalized spacial score (nSPS) is 10.4. The minimum Gasteiger partial charge on any atom is -0.346 e. The summed E-state index contributed by atoms with van der Waals surface area (Å²) in [6, 6.07) is 6.96. The van der Waals surface area contributed by atoms with Gasteiger partial charge in [-0.3, -0.25) is 19.6 Å². The van der Waals surface area contributed by atoms with Gasteiger partial charge in [-0.05, 0) is 24.6 Å². The lowest BCUT2D eigenvalue weighted by Gasteiger charge is -2.06. The molecule has 21 heavy (non-hydrogen) atoms.